The zero-order valence-electron chi connectivity index (χ0n) is 15.8. The number of benzene rings is 1. The van der Waals surface area contributed by atoms with Crippen LogP contribution in [0.25, 0.3) is 11.1 Å². The normalized spacial score (nSPS) is 11.8. The Morgan fingerprint density at radius 1 is 1.21 bits per heavy atom. The van der Waals surface area contributed by atoms with Gasteiger partial charge >= 0.3 is 5.97 Å². The molecule has 0 saturated heterocycles. The summed E-state index contributed by atoms with van der Waals surface area (Å²) in [6.45, 7) is 3.72. The third-order valence-corrected chi connectivity index (χ3v) is 4.18. The van der Waals surface area contributed by atoms with Crippen molar-refractivity contribution in [2.24, 2.45) is 0 Å². The van der Waals surface area contributed by atoms with Crippen molar-refractivity contribution in [3.05, 3.63) is 60.2 Å². The molecule has 1 aromatic carbocycles. The van der Waals surface area contributed by atoms with E-state index in [-0.39, 0.29) is 11.6 Å². The Morgan fingerprint density at radius 2 is 2.00 bits per heavy atom. The summed E-state index contributed by atoms with van der Waals surface area (Å²) in [4.78, 5) is 25.3. The molecule has 1 amide bonds. The largest absolute Gasteiger partial charge is 0.457 e. The van der Waals surface area contributed by atoms with Gasteiger partial charge in [-0.1, -0.05) is 48.8 Å². The summed E-state index contributed by atoms with van der Waals surface area (Å²) >= 11 is 0. The average molecular weight is 382 g/mol. The Morgan fingerprint density at radius 3 is 2.68 bits per heavy atom. The smallest absolute Gasteiger partial charge is 0.375 e. The van der Waals surface area contributed by atoms with Crippen molar-refractivity contribution in [2.75, 3.05) is 5.32 Å². The number of ether oxygens (including phenoxy) is 1. The molecule has 3 aromatic rings. The molecule has 0 saturated carbocycles. The number of amides is 1. The molecule has 0 aliphatic rings. The standard InChI is InChI=1S/C21H22N2O5/c1-3-4-10-17(20(24)22-18-13-14(2)28-23-18)27-21(25)19-16(11-12-26-19)15-8-6-5-7-9-15/h5-9,11-13,17H,3-4,10H2,1-2H3,(H,22,23,24). The van der Waals surface area contributed by atoms with Crippen LogP contribution in [0, 0.1) is 6.92 Å². The third-order valence-electron chi connectivity index (χ3n) is 4.18. The van der Waals surface area contributed by atoms with E-state index in [1.165, 1.54) is 6.26 Å². The number of carbonyl (C=O) groups is 2. The van der Waals surface area contributed by atoms with Crippen LogP contribution in [0.2, 0.25) is 0 Å². The van der Waals surface area contributed by atoms with Crippen LogP contribution in [0.5, 0.6) is 0 Å². The number of aryl methyl sites for hydroxylation is 1. The fraction of sp³-hybridized carbons (Fsp3) is 0.286. The highest BCUT2D eigenvalue weighted by Gasteiger charge is 2.27. The summed E-state index contributed by atoms with van der Waals surface area (Å²) in [6.07, 6.45) is 2.45. The maximum absolute atomic E-state index is 12.7. The van der Waals surface area contributed by atoms with Crippen LogP contribution >= 0.6 is 0 Å². The predicted octanol–water partition coefficient (Wildman–Crippen LogP) is 4.60. The molecule has 0 fully saturated rings. The number of unbranched alkanes of at least 4 members (excludes halogenated alkanes) is 1. The van der Waals surface area contributed by atoms with Gasteiger partial charge < -0.3 is 19.0 Å². The Bertz CT molecular complexity index is 929. The molecule has 2 heterocycles. The number of hydrogen-bond acceptors (Lipinski definition) is 6. The predicted molar refractivity (Wildman–Crippen MR) is 103 cm³/mol. The molecular formula is C21H22N2O5. The summed E-state index contributed by atoms with van der Waals surface area (Å²) in [5.41, 5.74) is 1.45. The molecule has 7 heteroatoms. The lowest BCUT2D eigenvalue weighted by molar-refractivity contribution is -0.125. The van der Waals surface area contributed by atoms with Gasteiger partial charge in [0.1, 0.15) is 5.76 Å². The zero-order valence-corrected chi connectivity index (χ0v) is 15.8. The number of furan rings is 1. The monoisotopic (exact) mass is 382 g/mol. The molecule has 7 nitrogen and oxygen atoms in total. The van der Waals surface area contributed by atoms with Crippen LogP contribution in [-0.2, 0) is 9.53 Å². The number of carbonyl (C=O) groups excluding carboxylic acids is 2. The molecular weight excluding hydrogens is 360 g/mol. The lowest BCUT2D eigenvalue weighted by Gasteiger charge is -2.16. The van der Waals surface area contributed by atoms with Gasteiger partial charge in [-0.3, -0.25) is 4.79 Å². The van der Waals surface area contributed by atoms with E-state index in [0.717, 1.165) is 18.4 Å². The minimum Gasteiger partial charge on any atom is -0.457 e. The molecule has 3 rings (SSSR count). The Balaban J connectivity index is 1.75. The molecule has 28 heavy (non-hydrogen) atoms. The maximum Gasteiger partial charge on any atom is 0.375 e. The number of nitrogens with zero attached hydrogens (tertiary/aromatic N) is 1. The first-order valence-corrected chi connectivity index (χ1v) is 9.16. The molecule has 2 aromatic heterocycles. The number of aromatic nitrogens is 1. The van der Waals surface area contributed by atoms with Gasteiger partial charge in [0.2, 0.25) is 5.76 Å². The number of hydrogen-bond donors (Lipinski definition) is 1. The minimum atomic E-state index is -0.960. The molecule has 1 atom stereocenters. The van der Waals surface area contributed by atoms with Crippen molar-refractivity contribution in [1.29, 1.82) is 0 Å². The van der Waals surface area contributed by atoms with E-state index < -0.39 is 18.0 Å². The summed E-state index contributed by atoms with van der Waals surface area (Å²) in [5.74, 6) is -0.222. The third kappa shape index (κ3) is 4.68. The van der Waals surface area contributed by atoms with Crippen molar-refractivity contribution in [3.63, 3.8) is 0 Å². The second kappa shape index (κ2) is 9.03. The fourth-order valence-electron chi connectivity index (χ4n) is 2.76. The van der Waals surface area contributed by atoms with E-state index in [0.29, 0.717) is 17.7 Å². The molecule has 146 valence electrons. The van der Waals surface area contributed by atoms with Gasteiger partial charge in [-0.05, 0) is 31.4 Å². The van der Waals surface area contributed by atoms with Gasteiger partial charge in [0.25, 0.3) is 5.91 Å². The van der Waals surface area contributed by atoms with E-state index in [9.17, 15) is 9.59 Å². The molecule has 1 unspecified atom stereocenters. The molecule has 0 aliphatic heterocycles. The molecule has 0 spiro atoms. The SMILES string of the molecule is CCCCC(OC(=O)c1occc1-c1ccccc1)C(=O)Nc1cc(C)on1. The first-order valence-electron chi connectivity index (χ1n) is 9.16. The average Bonchev–Trinajstić information content (AvgIpc) is 3.34. The number of rotatable bonds is 8. The van der Waals surface area contributed by atoms with E-state index in [1.807, 2.05) is 37.3 Å². The van der Waals surface area contributed by atoms with Gasteiger partial charge in [-0.25, -0.2) is 4.79 Å². The van der Waals surface area contributed by atoms with E-state index in [4.69, 9.17) is 13.7 Å². The van der Waals surface area contributed by atoms with E-state index >= 15 is 0 Å². The maximum atomic E-state index is 12.7. The highest BCUT2D eigenvalue weighted by atomic mass is 16.6. The van der Waals surface area contributed by atoms with E-state index in [2.05, 4.69) is 10.5 Å². The second-order valence-electron chi connectivity index (χ2n) is 6.38. The second-order valence-corrected chi connectivity index (χ2v) is 6.38. The van der Waals surface area contributed by atoms with Gasteiger partial charge in [0.05, 0.1) is 6.26 Å². The van der Waals surface area contributed by atoms with Gasteiger partial charge in [0, 0.05) is 11.6 Å². The van der Waals surface area contributed by atoms with Crippen LogP contribution in [0.1, 0.15) is 42.5 Å². The summed E-state index contributed by atoms with van der Waals surface area (Å²) < 4.78 is 15.8. The van der Waals surface area contributed by atoms with Crippen molar-refractivity contribution in [2.45, 2.75) is 39.2 Å². The van der Waals surface area contributed by atoms with Gasteiger partial charge in [0.15, 0.2) is 11.9 Å². The first kappa shape index (κ1) is 19.4. The van der Waals surface area contributed by atoms with Crippen LogP contribution in [0.3, 0.4) is 0 Å². The topological polar surface area (TPSA) is 94.6 Å². The summed E-state index contributed by atoms with van der Waals surface area (Å²) in [5, 5.41) is 6.35. The molecule has 0 bridgehead atoms. The van der Waals surface area contributed by atoms with Crippen molar-refractivity contribution < 1.29 is 23.3 Å². The number of nitrogens with one attached hydrogen (secondary N) is 1. The zero-order chi connectivity index (χ0) is 19.9. The quantitative estimate of drug-likeness (QED) is 0.572. The number of esters is 1. The lowest BCUT2D eigenvalue weighted by Crippen LogP contribution is -2.32. The molecule has 1 N–H and O–H groups in total. The van der Waals surface area contributed by atoms with Crippen LogP contribution < -0.4 is 5.32 Å². The lowest BCUT2D eigenvalue weighted by atomic mass is 10.1. The summed E-state index contributed by atoms with van der Waals surface area (Å²) in [6, 6.07) is 12.7. The van der Waals surface area contributed by atoms with E-state index in [1.54, 1.807) is 19.1 Å². The molecule has 0 aliphatic carbocycles. The van der Waals surface area contributed by atoms with Gasteiger partial charge in [-0.2, -0.15) is 0 Å². The minimum absolute atomic E-state index is 0.0674. The number of anilines is 1. The fourth-order valence-corrected chi connectivity index (χ4v) is 2.76. The van der Waals surface area contributed by atoms with Crippen LogP contribution in [0.4, 0.5) is 5.82 Å². The van der Waals surface area contributed by atoms with Crippen LogP contribution in [0.15, 0.2) is 57.7 Å². The highest BCUT2D eigenvalue weighted by molar-refractivity contribution is 5.98. The van der Waals surface area contributed by atoms with Crippen molar-refractivity contribution in [3.8, 4) is 11.1 Å². The summed E-state index contributed by atoms with van der Waals surface area (Å²) in [7, 11) is 0. The van der Waals surface area contributed by atoms with Crippen molar-refractivity contribution in [1.82, 2.24) is 5.16 Å². The Labute approximate surface area is 162 Å². The molecule has 0 radical (unpaired) electrons. The Hall–Kier alpha value is -3.35. The first-order chi connectivity index (χ1) is 13.6. The van der Waals surface area contributed by atoms with Gasteiger partial charge in [-0.15, -0.1) is 0 Å². The Kier molecular flexibility index (Phi) is 6.26. The highest BCUT2D eigenvalue weighted by Crippen LogP contribution is 2.26. The van der Waals surface area contributed by atoms with Crippen molar-refractivity contribution >= 4 is 17.7 Å². The van der Waals surface area contributed by atoms with Crippen LogP contribution in [-0.4, -0.2) is 23.1 Å².